The van der Waals surface area contributed by atoms with Crippen molar-refractivity contribution < 1.29 is 14.3 Å². The molecule has 5 heteroatoms. The first-order valence-electron chi connectivity index (χ1n) is 6.94. The first kappa shape index (κ1) is 13.9. The fourth-order valence-corrected chi connectivity index (χ4v) is 2.38. The van der Waals surface area contributed by atoms with Gasteiger partial charge in [-0.15, -0.1) is 0 Å². The van der Waals surface area contributed by atoms with Crippen LogP contribution in [0.4, 0.5) is 0 Å². The van der Waals surface area contributed by atoms with Crippen LogP contribution in [0.2, 0.25) is 0 Å². The summed E-state index contributed by atoms with van der Waals surface area (Å²) in [6.45, 7) is 3.03. The molecule has 0 amide bonds. The van der Waals surface area contributed by atoms with Crippen LogP contribution in [0, 0.1) is 6.92 Å². The van der Waals surface area contributed by atoms with Crippen LogP contribution in [-0.2, 0) is 17.9 Å². The van der Waals surface area contributed by atoms with E-state index in [4.69, 9.17) is 9.15 Å². The average Bonchev–Trinajstić information content (AvgIpc) is 3.08. The summed E-state index contributed by atoms with van der Waals surface area (Å²) in [7, 11) is 0. The Bertz CT molecular complexity index is 703. The number of aromatic nitrogens is 2. The number of furan rings is 1. The second-order valence-electron chi connectivity index (χ2n) is 5.01. The van der Waals surface area contributed by atoms with Gasteiger partial charge in [-0.3, -0.25) is 0 Å². The maximum absolute atomic E-state index is 10.1. The van der Waals surface area contributed by atoms with Crippen molar-refractivity contribution in [1.29, 1.82) is 0 Å². The topological polar surface area (TPSA) is 60.4 Å². The number of aliphatic hydroxyl groups excluding tert-OH is 1. The molecule has 0 aliphatic heterocycles. The predicted octanol–water partition coefficient (Wildman–Crippen LogP) is 2.52. The van der Waals surface area contributed by atoms with Gasteiger partial charge in [0.2, 0.25) is 0 Å². The number of rotatable bonds is 6. The van der Waals surface area contributed by atoms with Gasteiger partial charge in [0.25, 0.3) is 0 Å². The van der Waals surface area contributed by atoms with Gasteiger partial charge in [0, 0.05) is 0 Å². The zero-order valence-corrected chi connectivity index (χ0v) is 11.9. The van der Waals surface area contributed by atoms with Crippen LogP contribution in [0.1, 0.15) is 11.6 Å². The highest BCUT2D eigenvalue weighted by Gasteiger charge is 2.12. The molecule has 0 bridgehead atoms. The molecule has 1 atom stereocenters. The molecule has 1 N–H and O–H groups in total. The summed E-state index contributed by atoms with van der Waals surface area (Å²) < 4.78 is 12.6. The molecule has 110 valence electrons. The van der Waals surface area contributed by atoms with E-state index in [0.717, 1.165) is 22.6 Å². The van der Waals surface area contributed by atoms with Gasteiger partial charge < -0.3 is 18.8 Å². The Labute approximate surface area is 122 Å². The van der Waals surface area contributed by atoms with E-state index >= 15 is 0 Å². The summed E-state index contributed by atoms with van der Waals surface area (Å²) in [6.07, 6.45) is 1.02. The first-order valence-corrected chi connectivity index (χ1v) is 6.94. The number of hydrogen-bond acceptors (Lipinski definition) is 4. The van der Waals surface area contributed by atoms with Crippen molar-refractivity contribution >= 4 is 11.0 Å². The highest BCUT2D eigenvalue weighted by molar-refractivity contribution is 5.75. The Morgan fingerprint density at radius 3 is 2.95 bits per heavy atom. The van der Waals surface area contributed by atoms with Crippen LogP contribution in [0.25, 0.3) is 11.0 Å². The molecular formula is C16H18N2O3. The van der Waals surface area contributed by atoms with Gasteiger partial charge in [-0.25, -0.2) is 4.98 Å². The lowest BCUT2D eigenvalue weighted by Crippen LogP contribution is -2.22. The molecular weight excluding hydrogens is 268 g/mol. The number of ether oxygens (including phenoxy) is 1. The molecule has 1 aromatic carbocycles. The van der Waals surface area contributed by atoms with Crippen molar-refractivity contribution in [2.24, 2.45) is 0 Å². The smallest absolute Gasteiger partial charge is 0.129 e. The van der Waals surface area contributed by atoms with E-state index < -0.39 is 6.10 Å². The summed E-state index contributed by atoms with van der Waals surface area (Å²) in [6, 6.07) is 11.6. The molecule has 3 aromatic rings. The molecule has 21 heavy (non-hydrogen) atoms. The number of nitrogens with zero attached hydrogens (tertiary/aromatic N) is 2. The number of aliphatic hydroxyl groups is 1. The molecule has 0 aliphatic rings. The Balaban J connectivity index is 1.60. The van der Waals surface area contributed by atoms with Gasteiger partial charge in [-0.05, 0) is 31.2 Å². The maximum atomic E-state index is 10.1. The molecule has 5 nitrogen and oxygen atoms in total. The summed E-state index contributed by atoms with van der Waals surface area (Å²) in [5.41, 5.74) is 1.97. The van der Waals surface area contributed by atoms with Crippen molar-refractivity contribution in [3.63, 3.8) is 0 Å². The lowest BCUT2D eigenvalue weighted by Gasteiger charge is -2.13. The third-order valence-electron chi connectivity index (χ3n) is 3.37. The van der Waals surface area contributed by atoms with Crippen molar-refractivity contribution in [3.8, 4) is 0 Å². The molecule has 0 saturated carbocycles. The minimum atomic E-state index is -0.587. The van der Waals surface area contributed by atoms with Gasteiger partial charge in [0.15, 0.2) is 0 Å². The molecule has 2 aromatic heterocycles. The Kier molecular flexibility index (Phi) is 4.03. The highest BCUT2D eigenvalue weighted by Crippen LogP contribution is 2.16. The molecule has 0 fully saturated rings. The number of aryl methyl sites for hydroxylation is 1. The fraction of sp³-hybridized carbons (Fsp3) is 0.312. The van der Waals surface area contributed by atoms with Gasteiger partial charge in [0.1, 0.15) is 18.2 Å². The Morgan fingerprint density at radius 2 is 2.14 bits per heavy atom. The van der Waals surface area contributed by atoms with Gasteiger partial charge in [0.05, 0.1) is 36.6 Å². The summed E-state index contributed by atoms with van der Waals surface area (Å²) in [4.78, 5) is 4.48. The quantitative estimate of drug-likeness (QED) is 0.756. The van der Waals surface area contributed by atoms with Crippen molar-refractivity contribution in [1.82, 2.24) is 9.55 Å². The van der Waals surface area contributed by atoms with Gasteiger partial charge in [-0.1, -0.05) is 12.1 Å². The number of para-hydroxylation sites is 2. The van der Waals surface area contributed by atoms with Crippen molar-refractivity contribution in [2.45, 2.75) is 26.2 Å². The van der Waals surface area contributed by atoms with Crippen LogP contribution in [0.3, 0.4) is 0 Å². The summed E-state index contributed by atoms with van der Waals surface area (Å²) >= 11 is 0. The molecule has 0 radical (unpaired) electrons. The van der Waals surface area contributed by atoms with E-state index in [1.807, 2.05) is 47.9 Å². The van der Waals surface area contributed by atoms with Crippen LogP contribution >= 0.6 is 0 Å². The molecule has 0 unspecified atom stereocenters. The molecule has 0 saturated heterocycles. The Morgan fingerprint density at radius 1 is 1.29 bits per heavy atom. The molecule has 0 aliphatic carbocycles. The van der Waals surface area contributed by atoms with Crippen molar-refractivity contribution in [2.75, 3.05) is 6.61 Å². The third-order valence-corrected chi connectivity index (χ3v) is 3.37. The van der Waals surface area contributed by atoms with E-state index in [1.54, 1.807) is 6.26 Å². The number of fused-ring (bicyclic) bond motifs is 1. The monoisotopic (exact) mass is 286 g/mol. The normalized spacial score (nSPS) is 12.9. The van der Waals surface area contributed by atoms with Crippen molar-refractivity contribution in [3.05, 3.63) is 54.2 Å². The molecule has 0 spiro atoms. The zero-order chi connectivity index (χ0) is 14.7. The number of benzene rings is 1. The number of imidazole rings is 1. The summed E-state index contributed by atoms with van der Waals surface area (Å²) in [5.74, 6) is 1.65. The largest absolute Gasteiger partial charge is 0.467 e. The standard InChI is InChI=1S/C16H18N2O3/c1-12-17-15-6-2-3-7-16(15)18(12)9-13(19)10-20-11-14-5-4-8-21-14/h2-8,13,19H,9-11H2,1H3/t13-/m0/s1. The van der Waals surface area contributed by atoms with E-state index in [0.29, 0.717) is 13.2 Å². The zero-order valence-electron chi connectivity index (χ0n) is 11.9. The van der Waals surface area contributed by atoms with Crippen LogP contribution in [0.15, 0.2) is 47.1 Å². The lowest BCUT2D eigenvalue weighted by atomic mass is 10.3. The molecule has 2 heterocycles. The van der Waals surface area contributed by atoms with Crippen LogP contribution in [-0.4, -0.2) is 27.4 Å². The molecule has 3 rings (SSSR count). The van der Waals surface area contributed by atoms with Crippen LogP contribution in [0.5, 0.6) is 0 Å². The predicted molar refractivity (Wildman–Crippen MR) is 78.8 cm³/mol. The Hall–Kier alpha value is -2.11. The summed E-state index contributed by atoms with van der Waals surface area (Å²) in [5, 5.41) is 10.1. The number of hydrogen-bond donors (Lipinski definition) is 1. The maximum Gasteiger partial charge on any atom is 0.129 e. The fourth-order valence-electron chi connectivity index (χ4n) is 2.38. The van der Waals surface area contributed by atoms with E-state index in [2.05, 4.69) is 4.98 Å². The van der Waals surface area contributed by atoms with Crippen LogP contribution < -0.4 is 0 Å². The average molecular weight is 286 g/mol. The second kappa shape index (κ2) is 6.11. The minimum absolute atomic E-state index is 0.257. The van der Waals surface area contributed by atoms with E-state index in [-0.39, 0.29) is 6.61 Å². The SMILES string of the molecule is Cc1nc2ccccc2n1C[C@H](O)COCc1ccco1. The highest BCUT2D eigenvalue weighted by atomic mass is 16.5. The minimum Gasteiger partial charge on any atom is -0.467 e. The van der Waals surface area contributed by atoms with Gasteiger partial charge in [-0.2, -0.15) is 0 Å². The second-order valence-corrected chi connectivity index (χ2v) is 5.01. The lowest BCUT2D eigenvalue weighted by molar-refractivity contribution is 0.0149. The van der Waals surface area contributed by atoms with E-state index in [1.165, 1.54) is 0 Å². The van der Waals surface area contributed by atoms with Gasteiger partial charge >= 0.3 is 0 Å². The third kappa shape index (κ3) is 3.15. The first-order chi connectivity index (χ1) is 10.2. The van der Waals surface area contributed by atoms with E-state index in [9.17, 15) is 5.11 Å².